The number of nitrogens with zero attached hydrogens (tertiary/aromatic N) is 2. The van der Waals surface area contributed by atoms with Crippen LogP contribution in [0.4, 0.5) is 5.95 Å². The molecule has 102 valence electrons. The molecule has 1 unspecified atom stereocenters. The molecule has 1 saturated heterocycles. The van der Waals surface area contributed by atoms with Crippen LogP contribution in [0.3, 0.4) is 0 Å². The molecule has 1 fully saturated rings. The fourth-order valence-electron chi connectivity index (χ4n) is 2.52. The lowest BCUT2D eigenvalue weighted by atomic mass is 10.2. The Labute approximate surface area is 121 Å². The van der Waals surface area contributed by atoms with Crippen molar-refractivity contribution in [2.45, 2.75) is 31.9 Å². The lowest BCUT2D eigenvalue weighted by molar-refractivity contribution is 0.101. The molecule has 0 spiro atoms. The molecule has 1 aliphatic rings. The second kappa shape index (κ2) is 5.19. The Morgan fingerprint density at radius 2 is 2.16 bits per heavy atom. The van der Waals surface area contributed by atoms with E-state index in [1.807, 2.05) is 10.6 Å². The first-order valence-electron chi connectivity index (χ1n) is 6.37. The molecule has 0 amide bonds. The summed E-state index contributed by atoms with van der Waals surface area (Å²) in [5, 5.41) is 1.02. The van der Waals surface area contributed by atoms with Crippen molar-refractivity contribution in [2.75, 3.05) is 12.3 Å². The summed E-state index contributed by atoms with van der Waals surface area (Å²) < 4.78 is 7.60. The monoisotopic (exact) mass is 299 g/mol. The van der Waals surface area contributed by atoms with Crippen LogP contribution in [0, 0.1) is 0 Å². The van der Waals surface area contributed by atoms with E-state index in [-0.39, 0.29) is 0 Å². The largest absolute Gasteiger partial charge is 0.378 e. The zero-order valence-corrected chi connectivity index (χ0v) is 11.9. The third-order valence-electron chi connectivity index (χ3n) is 3.52. The Morgan fingerprint density at radius 3 is 2.89 bits per heavy atom. The Hall–Kier alpha value is -0.970. The first-order valence-corrected chi connectivity index (χ1v) is 7.13. The summed E-state index contributed by atoms with van der Waals surface area (Å²) in [4.78, 5) is 4.32. The summed E-state index contributed by atoms with van der Waals surface area (Å²) >= 11 is 12.0. The molecule has 4 nitrogen and oxygen atoms in total. The Kier molecular flexibility index (Phi) is 3.56. The van der Waals surface area contributed by atoms with E-state index >= 15 is 0 Å². The molecule has 1 aliphatic heterocycles. The maximum atomic E-state index is 6.06. The van der Waals surface area contributed by atoms with Crippen molar-refractivity contribution in [3.05, 3.63) is 22.2 Å². The number of imidazole rings is 1. The number of rotatable bonds is 3. The predicted octanol–water partition coefficient (Wildman–Crippen LogP) is 3.49. The molecule has 6 heteroatoms. The van der Waals surface area contributed by atoms with Crippen LogP contribution in [0.1, 0.15) is 19.3 Å². The zero-order chi connectivity index (χ0) is 13.4. The van der Waals surface area contributed by atoms with Crippen molar-refractivity contribution in [1.82, 2.24) is 9.55 Å². The van der Waals surface area contributed by atoms with Crippen molar-refractivity contribution in [3.8, 4) is 0 Å². The maximum absolute atomic E-state index is 6.06. The topological polar surface area (TPSA) is 53.1 Å². The minimum absolute atomic E-state index is 0.333. The van der Waals surface area contributed by atoms with Gasteiger partial charge in [-0.3, -0.25) is 0 Å². The molecule has 2 aromatic rings. The Morgan fingerprint density at radius 1 is 1.37 bits per heavy atom. The molecule has 3 rings (SSSR count). The quantitative estimate of drug-likeness (QED) is 0.944. The fourth-order valence-corrected chi connectivity index (χ4v) is 2.83. The summed E-state index contributed by atoms with van der Waals surface area (Å²) in [6, 6.07) is 3.57. The van der Waals surface area contributed by atoms with Gasteiger partial charge < -0.3 is 15.0 Å². The molecule has 1 atom stereocenters. The number of nitrogen functional groups attached to an aromatic ring is 1. The van der Waals surface area contributed by atoms with E-state index in [0.29, 0.717) is 22.1 Å². The number of ether oxygens (including phenoxy) is 1. The normalized spacial score (nSPS) is 19.4. The summed E-state index contributed by atoms with van der Waals surface area (Å²) in [5.41, 5.74) is 7.66. The third-order valence-corrected chi connectivity index (χ3v) is 4.24. The van der Waals surface area contributed by atoms with Crippen LogP contribution in [0.15, 0.2) is 12.1 Å². The third kappa shape index (κ3) is 2.53. The number of halogens is 2. The average molecular weight is 300 g/mol. The van der Waals surface area contributed by atoms with E-state index in [0.717, 1.165) is 43.4 Å². The van der Waals surface area contributed by atoms with Gasteiger partial charge in [0.25, 0.3) is 0 Å². The van der Waals surface area contributed by atoms with E-state index in [9.17, 15) is 0 Å². The van der Waals surface area contributed by atoms with Crippen LogP contribution in [0.5, 0.6) is 0 Å². The smallest absolute Gasteiger partial charge is 0.201 e. The second-order valence-electron chi connectivity index (χ2n) is 4.80. The number of aryl methyl sites for hydroxylation is 1. The maximum Gasteiger partial charge on any atom is 0.201 e. The SMILES string of the molecule is Nc1nc2cc(Cl)c(Cl)cc2n1CCC1CCCO1. The highest BCUT2D eigenvalue weighted by atomic mass is 35.5. The van der Waals surface area contributed by atoms with Crippen molar-refractivity contribution in [2.24, 2.45) is 0 Å². The van der Waals surface area contributed by atoms with Gasteiger partial charge in [-0.05, 0) is 31.4 Å². The van der Waals surface area contributed by atoms with Gasteiger partial charge in [0.2, 0.25) is 5.95 Å². The molecule has 2 N–H and O–H groups in total. The molecule has 19 heavy (non-hydrogen) atoms. The van der Waals surface area contributed by atoms with Gasteiger partial charge in [-0.1, -0.05) is 23.2 Å². The average Bonchev–Trinajstić information content (AvgIpc) is 2.96. The molecule has 2 heterocycles. The molecule has 0 aliphatic carbocycles. The number of aromatic nitrogens is 2. The van der Waals surface area contributed by atoms with Gasteiger partial charge in [-0.15, -0.1) is 0 Å². The first-order chi connectivity index (χ1) is 9.15. The van der Waals surface area contributed by atoms with E-state index in [2.05, 4.69) is 4.98 Å². The van der Waals surface area contributed by atoms with E-state index in [4.69, 9.17) is 33.7 Å². The van der Waals surface area contributed by atoms with Gasteiger partial charge in [0.1, 0.15) is 0 Å². The summed E-state index contributed by atoms with van der Waals surface area (Å²) in [5.74, 6) is 0.492. The minimum Gasteiger partial charge on any atom is -0.378 e. The molecule has 1 aromatic carbocycles. The van der Waals surface area contributed by atoms with Crippen LogP contribution in [-0.4, -0.2) is 22.3 Å². The van der Waals surface area contributed by atoms with Crippen molar-refractivity contribution in [1.29, 1.82) is 0 Å². The fraction of sp³-hybridized carbons (Fsp3) is 0.462. The number of nitrogens with two attached hydrogens (primary N) is 1. The molecular formula is C13H15Cl2N3O. The molecule has 0 bridgehead atoms. The van der Waals surface area contributed by atoms with Crippen LogP contribution in [0.25, 0.3) is 11.0 Å². The summed E-state index contributed by atoms with van der Waals surface area (Å²) in [6.07, 6.45) is 3.54. The van der Waals surface area contributed by atoms with E-state index in [1.54, 1.807) is 6.07 Å². The van der Waals surface area contributed by atoms with Gasteiger partial charge in [0, 0.05) is 13.2 Å². The van der Waals surface area contributed by atoms with Crippen LogP contribution in [-0.2, 0) is 11.3 Å². The zero-order valence-electron chi connectivity index (χ0n) is 10.4. The molecule has 1 aromatic heterocycles. The summed E-state index contributed by atoms with van der Waals surface area (Å²) in [6.45, 7) is 1.65. The van der Waals surface area contributed by atoms with Crippen molar-refractivity contribution in [3.63, 3.8) is 0 Å². The van der Waals surface area contributed by atoms with Gasteiger partial charge in [-0.2, -0.15) is 0 Å². The first kappa shape index (κ1) is 13.0. The molecule has 0 saturated carbocycles. The van der Waals surface area contributed by atoms with Gasteiger partial charge in [-0.25, -0.2) is 4.98 Å². The number of anilines is 1. The lowest BCUT2D eigenvalue weighted by Gasteiger charge is -2.11. The number of hydrogen-bond donors (Lipinski definition) is 1. The standard InChI is InChI=1S/C13H15Cl2N3O/c14-9-6-11-12(7-10(9)15)18(13(16)17-11)4-3-8-2-1-5-19-8/h6-8H,1-5H2,(H2,16,17). The highest BCUT2D eigenvalue weighted by Gasteiger charge is 2.17. The summed E-state index contributed by atoms with van der Waals surface area (Å²) in [7, 11) is 0. The van der Waals surface area contributed by atoms with Crippen molar-refractivity contribution >= 4 is 40.2 Å². The van der Waals surface area contributed by atoms with Gasteiger partial charge >= 0.3 is 0 Å². The van der Waals surface area contributed by atoms with E-state index in [1.165, 1.54) is 0 Å². The van der Waals surface area contributed by atoms with Crippen LogP contribution < -0.4 is 5.73 Å². The number of hydrogen-bond acceptors (Lipinski definition) is 3. The second-order valence-corrected chi connectivity index (χ2v) is 5.61. The lowest BCUT2D eigenvalue weighted by Crippen LogP contribution is -2.11. The Bertz CT molecular complexity index is 605. The molecular weight excluding hydrogens is 285 g/mol. The minimum atomic E-state index is 0.333. The van der Waals surface area contributed by atoms with Gasteiger partial charge in [0.15, 0.2) is 0 Å². The molecule has 0 radical (unpaired) electrons. The van der Waals surface area contributed by atoms with Crippen LogP contribution in [0.2, 0.25) is 10.0 Å². The highest BCUT2D eigenvalue weighted by molar-refractivity contribution is 6.42. The predicted molar refractivity (Wildman–Crippen MR) is 77.8 cm³/mol. The van der Waals surface area contributed by atoms with Gasteiger partial charge in [0.05, 0.1) is 27.2 Å². The number of fused-ring (bicyclic) bond motifs is 1. The Balaban J connectivity index is 1.89. The highest BCUT2D eigenvalue weighted by Crippen LogP contribution is 2.29. The van der Waals surface area contributed by atoms with E-state index < -0.39 is 0 Å². The van der Waals surface area contributed by atoms with Crippen LogP contribution >= 0.6 is 23.2 Å². The van der Waals surface area contributed by atoms with Crippen molar-refractivity contribution < 1.29 is 4.74 Å². The number of benzene rings is 1.